The fourth-order valence-corrected chi connectivity index (χ4v) is 1.41. The number of rotatable bonds is 4. The molecule has 70 valence electrons. The van der Waals surface area contributed by atoms with Gasteiger partial charge in [0.1, 0.15) is 6.26 Å². The molecule has 0 aromatic carbocycles. The molecule has 0 spiro atoms. The molecule has 0 amide bonds. The summed E-state index contributed by atoms with van der Waals surface area (Å²) in [6, 6.07) is 0. The van der Waals surface area contributed by atoms with E-state index < -0.39 is 5.97 Å². The number of hydrogen-bond acceptors (Lipinski definition) is 3. The van der Waals surface area contributed by atoms with Crippen molar-refractivity contribution < 1.29 is 14.4 Å². The lowest BCUT2D eigenvalue weighted by Gasteiger charge is -1.95. The number of carboxylic acid groups (broad SMARTS) is 1. The lowest BCUT2D eigenvalue weighted by molar-refractivity contribution is -0.136. The predicted octanol–water partition coefficient (Wildman–Crippen LogP) is 1.57. The average Bonchev–Trinajstić information content (AvgIpc) is 2.82. The minimum Gasteiger partial charge on any atom is -0.481 e. The van der Waals surface area contributed by atoms with Gasteiger partial charge in [-0.3, -0.25) is 4.79 Å². The van der Waals surface area contributed by atoms with Gasteiger partial charge in [0.05, 0.1) is 12.1 Å². The predicted molar refractivity (Wildman–Crippen MR) is 44.4 cm³/mol. The number of carboxylic acids is 1. The first-order chi connectivity index (χ1) is 6.27. The second kappa shape index (κ2) is 3.20. The van der Waals surface area contributed by atoms with Gasteiger partial charge in [-0.1, -0.05) is 5.16 Å². The molecule has 0 radical (unpaired) electrons. The van der Waals surface area contributed by atoms with Crippen molar-refractivity contribution in [3.05, 3.63) is 17.5 Å². The standard InChI is InChI=1S/C9H11NO3/c11-9(12)4-3-8-7(5-13-10-8)6-1-2-6/h5-6H,1-4H2,(H,11,12). The summed E-state index contributed by atoms with van der Waals surface area (Å²) in [5.74, 6) is -0.209. The third-order valence-electron chi connectivity index (χ3n) is 2.27. The van der Waals surface area contributed by atoms with Gasteiger partial charge in [-0.15, -0.1) is 0 Å². The summed E-state index contributed by atoms with van der Waals surface area (Å²) in [4.78, 5) is 10.3. The molecule has 13 heavy (non-hydrogen) atoms. The van der Waals surface area contributed by atoms with Crippen LogP contribution in [0.1, 0.15) is 36.4 Å². The second-order valence-electron chi connectivity index (χ2n) is 3.38. The summed E-state index contributed by atoms with van der Waals surface area (Å²) in [5, 5.41) is 12.3. The molecule has 1 aromatic heterocycles. The van der Waals surface area contributed by atoms with Gasteiger partial charge >= 0.3 is 5.97 Å². The van der Waals surface area contributed by atoms with E-state index in [4.69, 9.17) is 9.63 Å². The van der Waals surface area contributed by atoms with Crippen molar-refractivity contribution in [2.24, 2.45) is 0 Å². The van der Waals surface area contributed by atoms with E-state index in [9.17, 15) is 4.79 Å². The molecule has 0 saturated heterocycles. The third-order valence-corrected chi connectivity index (χ3v) is 2.27. The van der Waals surface area contributed by atoms with Gasteiger partial charge < -0.3 is 9.63 Å². The molecule has 0 bridgehead atoms. The zero-order chi connectivity index (χ0) is 9.26. The van der Waals surface area contributed by atoms with E-state index in [2.05, 4.69) is 5.16 Å². The van der Waals surface area contributed by atoms with Crippen molar-refractivity contribution in [1.82, 2.24) is 5.16 Å². The van der Waals surface area contributed by atoms with Crippen LogP contribution in [0.5, 0.6) is 0 Å². The lowest BCUT2D eigenvalue weighted by Crippen LogP contribution is -1.99. The normalized spacial score (nSPS) is 16.0. The summed E-state index contributed by atoms with van der Waals surface area (Å²) in [7, 11) is 0. The topological polar surface area (TPSA) is 63.3 Å². The molecular weight excluding hydrogens is 170 g/mol. The van der Waals surface area contributed by atoms with Gasteiger partial charge in [0.25, 0.3) is 0 Å². The van der Waals surface area contributed by atoms with Crippen molar-refractivity contribution in [2.45, 2.75) is 31.6 Å². The number of nitrogens with zero attached hydrogens (tertiary/aromatic N) is 1. The van der Waals surface area contributed by atoms with Crippen molar-refractivity contribution in [3.8, 4) is 0 Å². The van der Waals surface area contributed by atoms with Gasteiger partial charge in [0, 0.05) is 12.0 Å². The zero-order valence-electron chi connectivity index (χ0n) is 7.19. The fourth-order valence-electron chi connectivity index (χ4n) is 1.41. The van der Waals surface area contributed by atoms with Crippen LogP contribution in [-0.4, -0.2) is 16.2 Å². The highest BCUT2D eigenvalue weighted by Crippen LogP contribution is 2.41. The monoisotopic (exact) mass is 181 g/mol. The van der Waals surface area contributed by atoms with Crippen LogP contribution in [0.3, 0.4) is 0 Å². The van der Waals surface area contributed by atoms with Crippen LogP contribution in [0.4, 0.5) is 0 Å². The quantitative estimate of drug-likeness (QED) is 0.765. The first-order valence-corrected chi connectivity index (χ1v) is 4.42. The third kappa shape index (κ3) is 1.88. The molecular formula is C9H11NO3. The first kappa shape index (κ1) is 8.29. The SMILES string of the molecule is O=C(O)CCc1nocc1C1CC1. The molecule has 1 fully saturated rings. The minimum absolute atomic E-state index is 0.131. The van der Waals surface area contributed by atoms with Gasteiger partial charge in [0.15, 0.2) is 0 Å². The Balaban J connectivity index is 2.02. The van der Waals surface area contributed by atoms with Crippen LogP contribution >= 0.6 is 0 Å². The van der Waals surface area contributed by atoms with Gasteiger partial charge in [0.2, 0.25) is 0 Å². The maximum atomic E-state index is 10.3. The summed E-state index contributed by atoms with van der Waals surface area (Å²) in [6.45, 7) is 0. The summed E-state index contributed by atoms with van der Waals surface area (Å²) >= 11 is 0. The molecule has 2 rings (SSSR count). The van der Waals surface area contributed by atoms with E-state index in [0.717, 1.165) is 11.3 Å². The van der Waals surface area contributed by atoms with Gasteiger partial charge in [-0.05, 0) is 18.8 Å². The number of hydrogen-bond donors (Lipinski definition) is 1. The van der Waals surface area contributed by atoms with Crippen molar-refractivity contribution in [1.29, 1.82) is 0 Å². The van der Waals surface area contributed by atoms with Crippen molar-refractivity contribution >= 4 is 5.97 Å². The van der Waals surface area contributed by atoms with Crippen LogP contribution in [0.2, 0.25) is 0 Å². The molecule has 1 aliphatic rings. The van der Waals surface area contributed by atoms with Crippen LogP contribution in [-0.2, 0) is 11.2 Å². The van der Waals surface area contributed by atoms with Crippen LogP contribution in [0.15, 0.2) is 10.8 Å². The maximum absolute atomic E-state index is 10.3. The molecule has 1 saturated carbocycles. The maximum Gasteiger partial charge on any atom is 0.303 e. The average molecular weight is 181 g/mol. The van der Waals surface area contributed by atoms with Crippen molar-refractivity contribution in [2.75, 3.05) is 0 Å². The minimum atomic E-state index is -0.787. The highest BCUT2D eigenvalue weighted by atomic mass is 16.5. The highest BCUT2D eigenvalue weighted by Gasteiger charge is 2.28. The van der Waals surface area contributed by atoms with E-state index in [1.165, 1.54) is 12.8 Å². The molecule has 0 unspecified atom stereocenters. The fraction of sp³-hybridized carbons (Fsp3) is 0.556. The van der Waals surface area contributed by atoms with E-state index in [1.54, 1.807) is 6.26 Å². The highest BCUT2D eigenvalue weighted by molar-refractivity contribution is 5.67. The largest absolute Gasteiger partial charge is 0.481 e. The lowest BCUT2D eigenvalue weighted by atomic mass is 10.1. The Labute approximate surface area is 75.5 Å². The van der Waals surface area contributed by atoms with E-state index in [1.807, 2.05) is 0 Å². The Kier molecular flexibility index (Phi) is 2.04. The van der Waals surface area contributed by atoms with Crippen LogP contribution in [0.25, 0.3) is 0 Å². The molecule has 4 nitrogen and oxygen atoms in total. The summed E-state index contributed by atoms with van der Waals surface area (Å²) < 4.78 is 4.84. The molecule has 1 aromatic rings. The molecule has 4 heteroatoms. The second-order valence-corrected chi connectivity index (χ2v) is 3.38. The number of aliphatic carboxylic acids is 1. The van der Waals surface area contributed by atoms with Crippen LogP contribution in [0, 0.1) is 0 Å². The molecule has 0 aliphatic heterocycles. The molecule has 0 atom stereocenters. The Morgan fingerprint density at radius 2 is 2.46 bits per heavy atom. The Bertz CT molecular complexity index is 314. The number of aromatic nitrogens is 1. The van der Waals surface area contributed by atoms with E-state index in [0.29, 0.717) is 12.3 Å². The van der Waals surface area contributed by atoms with E-state index in [-0.39, 0.29) is 6.42 Å². The number of carbonyl (C=O) groups is 1. The zero-order valence-corrected chi connectivity index (χ0v) is 7.19. The van der Waals surface area contributed by atoms with E-state index >= 15 is 0 Å². The van der Waals surface area contributed by atoms with Gasteiger partial charge in [-0.25, -0.2) is 0 Å². The van der Waals surface area contributed by atoms with Gasteiger partial charge in [-0.2, -0.15) is 0 Å². The molecule has 1 aliphatic carbocycles. The smallest absolute Gasteiger partial charge is 0.303 e. The Morgan fingerprint density at radius 1 is 1.69 bits per heavy atom. The Morgan fingerprint density at radius 3 is 3.08 bits per heavy atom. The molecule has 1 N–H and O–H groups in total. The van der Waals surface area contributed by atoms with Crippen LogP contribution < -0.4 is 0 Å². The van der Waals surface area contributed by atoms with Crippen molar-refractivity contribution in [3.63, 3.8) is 0 Å². The number of aryl methyl sites for hydroxylation is 1. The Hall–Kier alpha value is -1.32. The molecule has 1 heterocycles. The summed E-state index contributed by atoms with van der Waals surface area (Å²) in [6.07, 6.45) is 4.63. The first-order valence-electron chi connectivity index (χ1n) is 4.42. The summed E-state index contributed by atoms with van der Waals surface area (Å²) in [5.41, 5.74) is 1.94.